The van der Waals surface area contributed by atoms with Gasteiger partial charge in [0.15, 0.2) is 5.11 Å². The maximum atomic E-state index is 5.76. The molecule has 0 radical (unpaired) electrons. The first-order chi connectivity index (χ1) is 12.8. The highest BCUT2D eigenvalue weighted by molar-refractivity contribution is 7.80. The van der Waals surface area contributed by atoms with Crippen LogP contribution in [-0.4, -0.2) is 62.6 Å². The lowest BCUT2D eigenvalue weighted by molar-refractivity contribution is -0.0614. The SMILES string of the molecule is S=C(NCc1ccco1)N1CCOC(COn2nnc3cccnc32)C1. The molecule has 0 aliphatic carbocycles. The number of morpholine rings is 1. The first-order valence-electron chi connectivity index (χ1n) is 8.26. The molecular formula is C16H18N6O3S. The fourth-order valence-corrected chi connectivity index (χ4v) is 2.92. The van der Waals surface area contributed by atoms with Crippen LogP contribution >= 0.6 is 12.2 Å². The van der Waals surface area contributed by atoms with Crippen molar-refractivity contribution < 1.29 is 14.0 Å². The van der Waals surface area contributed by atoms with E-state index >= 15 is 0 Å². The smallest absolute Gasteiger partial charge is 0.219 e. The maximum Gasteiger partial charge on any atom is 0.219 e. The van der Waals surface area contributed by atoms with Crippen molar-refractivity contribution in [2.45, 2.75) is 12.6 Å². The number of furan rings is 1. The molecule has 9 nitrogen and oxygen atoms in total. The molecular weight excluding hydrogens is 356 g/mol. The van der Waals surface area contributed by atoms with E-state index in [2.05, 4.69) is 25.5 Å². The van der Waals surface area contributed by atoms with Gasteiger partial charge in [-0.1, -0.05) is 4.85 Å². The van der Waals surface area contributed by atoms with E-state index in [9.17, 15) is 0 Å². The first-order valence-corrected chi connectivity index (χ1v) is 8.67. The predicted molar refractivity (Wildman–Crippen MR) is 96.2 cm³/mol. The highest BCUT2D eigenvalue weighted by Crippen LogP contribution is 2.08. The van der Waals surface area contributed by atoms with Crippen molar-refractivity contribution in [1.29, 1.82) is 0 Å². The molecule has 1 unspecified atom stereocenters. The number of aromatic nitrogens is 4. The van der Waals surface area contributed by atoms with E-state index < -0.39 is 0 Å². The molecule has 0 bridgehead atoms. The van der Waals surface area contributed by atoms with Gasteiger partial charge < -0.3 is 24.2 Å². The topological polar surface area (TPSA) is 90.5 Å². The molecule has 1 aliphatic rings. The third kappa shape index (κ3) is 3.75. The minimum Gasteiger partial charge on any atom is -0.467 e. The number of thiocarbonyl (C=S) groups is 1. The highest BCUT2D eigenvalue weighted by Gasteiger charge is 2.23. The van der Waals surface area contributed by atoms with Crippen molar-refractivity contribution in [2.75, 3.05) is 26.3 Å². The highest BCUT2D eigenvalue weighted by atomic mass is 32.1. The van der Waals surface area contributed by atoms with Gasteiger partial charge in [0.25, 0.3) is 0 Å². The Morgan fingerprint density at radius 2 is 2.35 bits per heavy atom. The van der Waals surface area contributed by atoms with Gasteiger partial charge in [0.1, 0.15) is 24.0 Å². The van der Waals surface area contributed by atoms with E-state index in [0.29, 0.717) is 42.6 Å². The summed E-state index contributed by atoms with van der Waals surface area (Å²) in [6.07, 6.45) is 3.19. The Balaban J connectivity index is 1.30. The van der Waals surface area contributed by atoms with E-state index in [1.807, 2.05) is 18.2 Å². The molecule has 4 rings (SSSR count). The van der Waals surface area contributed by atoms with E-state index in [4.69, 9.17) is 26.2 Å². The molecule has 10 heteroatoms. The Morgan fingerprint density at radius 3 is 3.23 bits per heavy atom. The number of hydrogen-bond donors (Lipinski definition) is 1. The standard InChI is InChI=1S/C16H18N6O3S/c26-16(18-9-12-3-2-7-23-12)21-6-8-24-13(10-21)11-25-22-15-14(19-20-22)4-1-5-17-15/h1-5,7,13H,6,8-11H2,(H,18,26). The molecule has 1 saturated heterocycles. The number of ether oxygens (including phenoxy) is 1. The molecule has 1 atom stereocenters. The summed E-state index contributed by atoms with van der Waals surface area (Å²) in [5.41, 5.74) is 1.26. The minimum absolute atomic E-state index is 0.130. The molecule has 0 amide bonds. The third-order valence-corrected chi connectivity index (χ3v) is 4.39. The van der Waals surface area contributed by atoms with Crippen molar-refractivity contribution in [3.05, 3.63) is 42.5 Å². The monoisotopic (exact) mass is 374 g/mol. The summed E-state index contributed by atoms with van der Waals surface area (Å²) in [6.45, 7) is 2.82. The molecule has 0 spiro atoms. The van der Waals surface area contributed by atoms with Crippen molar-refractivity contribution in [2.24, 2.45) is 0 Å². The molecule has 0 aromatic carbocycles. The average molecular weight is 374 g/mol. The summed E-state index contributed by atoms with van der Waals surface area (Å²) < 4.78 is 11.1. The molecule has 26 heavy (non-hydrogen) atoms. The number of pyridine rings is 1. The van der Waals surface area contributed by atoms with E-state index in [1.165, 1.54) is 4.85 Å². The van der Waals surface area contributed by atoms with Crippen LogP contribution in [0.15, 0.2) is 41.1 Å². The fourth-order valence-electron chi connectivity index (χ4n) is 2.68. The van der Waals surface area contributed by atoms with E-state index in [0.717, 1.165) is 12.3 Å². The third-order valence-electron chi connectivity index (χ3n) is 3.98. The zero-order chi connectivity index (χ0) is 17.8. The second-order valence-corrected chi connectivity index (χ2v) is 6.17. The van der Waals surface area contributed by atoms with Crippen LogP contribution in [-0.2, 0) is 11.3 Å². The van der Waals surface area contributed by atoms with Gasteiger partial charge in [-0.2, -0.15) is 0 Å². The molecule has 0 saturated carbocycles. The summed E-state index contributed by atoms with van der Waals surface area (Å²) in [5.74, 6) is 0.839. The molecule has 136 valence electrons. The first kappa shape index (κ1) is 16.7. The summed E-state index contributed by atoms with van der Waals surface area (Å²) >= 11 is 5.47. The maximum absolute atomic E-state index is 5.76. The largest absolute Gasteiger partial charge is 0.467 e. The molecule has 4 heterocycles. The number of fused-ring (bicyclic) bond motifs is 1. The van der Waals surface area contributed by atoms with E-state index in [-0.39, 0.29) is 6.10 Å². The van der Waals surface area contributed by atoms with Gasteiger partial charge in [-0.05, 0) is 41.7 Å². The van der Waals surface area contributed by atoms with Gasteiger partial charge in [-0.15, -0.1) is 5.10 Å². The van der Waals surface area contributed by atoms with Crippen LogP contribution in [0.1, 0.15) is 5.76 Å². The Bertz CT molecular complexity index is 868. The molecule has 3 aromatic heterocycles. The van der Waals surface area contributed by atoms with Crippen LogP contribution in [0.2, 0.25) is 0 Å². The summed E-state index contributed by atoms with van der Waals surface area (Å²) in [5, 5.41) is 11.8. The number of nitrogens with zero attached hydrogens (tertiary/aromatic N) is 5. The lowest BCUT2D eigenvalue weighted by Gasteiger charge is -2.34. The lowest BCUT2D eigenvalue weighted by atomic mass is 10.3. The van der Waals surface area contributed by atoms with Crippen LogP contribution in [0.4, 0.5) is 0 Å². The lowest BCUT2D eigenvalue weighted by Crippen LogP contribution is -2.51. The van der Waals surface area contributed by atoms with Gasteiger partial charge in [-0.3, -0.25) is 0 Å². The zero-order valence-electron chi connectivity index (χ0n) is 13.9. The minimum atomic E-state index is -0.130. The summed E-state index contributed by atoms with van der Waals surface area (Å²) in [4.78, 5) is 13.3. The van der Waals surface area contributed by atoms with Crippen LogP contribution < -0.4 is 10.2 Å². The zero-order valence-corrected chi connectivity index (χ0v) is 14.8. The van der Waals surface area contributed by atoms with Crippen LogP contribution in [0.5, 0.6) is 0 Å². The van der Waals surface area contributed by atoms with Crippen LogP contribution in [0, 0.1) is 0 Å². The van der Waals surface area contributed by atoms with Crippen molar-refractivity contribution >= 4 is 28.5 Å². The quantitative estimate of drug-likeness (QED) is 0.646. The van der Waals surface area contributed by atoms with E-state index in [1.54, 1.807) is 18.5 Å². The molecule has 1 N–H and O–H groups in total. The molecule has 3 aromatic rings. The summed E-state index contributed by atoms with van der Waals surface area (Å²) in [7, 11) is 0. The van der Waals surface area contributed by atoms with Gasteiger partial charge in [0.2, 0.25) is 5.65 Å². The second-order valence-electron chi connectivity index (χ2n) is 5.78. The normalized spacial score (nSPS) is 17.4. The van der Waals surface area contributed by atoms with Crippen molar-refractivity contribution in [3.63, 3.8) is 0 Å². The van der Waals surface area contributed by atoms with Crippen LogP contribution in [0.25, 0.3) is 11.2 Å². The average Bonchev–Trinajstić information content (AvgIpc) is 3.34. The number of nitrogens with one attached hydrogen (secondary N) is 1. The van der Waals surface area contributed by atoms with Crippen LogP contribution in [0.3, 0.4) is 0 Å². The van der Waals surface area contributed by atoms with Gasteiger partial charge in [0.05, 0.1) is 19.4 Å². The Kier molecular flexibility index (Phi) is 4.93. The molecule has 1 fully saturated rings. The fraction of sp³-hybridized carbons (Fsp3) is 0.375. The Hall–Kier alpha value is -2.72. The molecule has 1 aliphatic heterocycles. The van der Waals surface area contributed by atoms with Gasteiger partial charge >= 0.3 is 0 Å². The second kappa shape index (κ2) is 7.67. The summed E-state index contributed by atoms with van der Waals surface area (Å²) in [6, 6.07) is 7.39. The Labute approximate surface area is 154 Å². The Morgan fingerprint density at radius 1 is 1.38 bits per heavy atom. The van der Waals surface area contributed by atoms with Crippen molar-refractivity contribution in [3.8, 4) is 0 Å². The van der Waals surface area contributed by atoms with Gasteiger partial charge in [-0.25, -0.2) is 4.98 Å². The number of hydrogen-bond acceptors (Lipinski definition) is 7. The van der Waals surface area contributed by atoms with Gasteiger partial charge in [0, 0.05) is 19.3 Å². The number of rotatable bonds is 5. The predicted octanol–water partition coefficient (Wildman–Crippen LogP) is 0.623. The van der Waals surface area contributed by atoms with Crippen molar-refractivity contribution in [1.82, 2.24) is 30.4 Å².